The molecule has 8 nitrogen and oxygen atoms in total. The minimum Gasteiger partial charge on any atom is -0.344 e. The number of ether oxygens (including phenoxy) is 2. The predicted octanol–water partition coefficient (Wildman–Crippen LogP) is 5.21. The van der Waals surface area contributed by atoms with Gasteiger partial charge in [0.15, 0.2) is 5.15 Å². The number of aromatic amines is 1. The maximum atomic E-state index is 6.58. The molecule has 176 valence electrons. The Morgan fingerprint density at radius 2 is 1.91 bits per heavy atom. The minimum atomic E-state index is -0.494. The number of hydrogen-bond donors (Lipinski definition) is 1. The largest absolute Gasteiger partial charge is 0.344 e. The van der Waals surface area contributed by atoms with Crippen LogP contribution in [0.1, 0.15) is 50.1 Å². The number of tetrazole rings is 1. The van der Waals surface area contributed by atoms with Crippen molar-refractivity contribution in [3.8, 4) is 22.5 Å². The van der Waals surface area contributed by atoms with Crippen LogP contribution in [-0.2, 0) is 22.4 Å². The molecule has 9 heteroatoms. The van der Waals surface area contributed by atoms with Crippen LogP contribution in [-0.4, -0.2) is 42.9 Å². The lowest BCUT2D eigenvalue weighted by molar-refractivity contribution is -0.0623. The second kappa shape index (κ2) is 10.0. The molecule has 5 rings (SSSR count). The quantitative estimate of drug-likeness (QED) is 0.374. The number of aryl methyl sites for hydroxylation is 1. The number of H-pyrrole nitrogens is 1. The molecule has 0 amide bonds. The lowest BCUT2D eigenvalue weighted by Crippen LogP contribution is -2.13. The Kier molecular flexibility index (Phi) is 6.71. The Hall–Kier alpha value is -3.07. The number of rotatable bonds is 8. The summed E-state index contributed by atoms with van der Waals surface area (Å²) in [6, 6.07) is 16.5. The molecule has 1 aliphatic rings. The summed E-state index contributed by atoms with van der Waals surface area (Å²) in [4.78, 5) is 4.66. The van der Waals surface area contributed by atoms with E-state index < -0.39 is 6.29 Å². The molecule has 1 fully saturated rings. The van der Waals surface area contributed by atoms with Crippen LogP contribution in [0.15, 0.2) is 48.5 Å². The van der Waals surface area contributed by atoms with Crippen molar-refractivity contribution in [1.29, 1.82) is 0 Å². The first-order valence-corrected chi connectivity index (χ1v) is 12.0. The van der Waals surface area contributed by atoms with E-state index in [9.17, 15) is 0 Å². The SMILES string of the molecule is CCCCc1nc(Cl)c(C2OCC(C)O2)n1Cc1ccc(-c2ccccc2-c2nn[nH]n2)cc1. The molecule has 0 radical (unpaired) electrons. The minimum absolute atomic E-state index is 0.0297. The summed E-state index contributed by atoms with van der Waals surface area (Å²) < 4.78 is 14.0. The van der Waals surface area contributed by atoms with Crippen molar-refractivity contribution >= 4 is 11.6 Å². The highest BCUT2D eigenvalue weighted by Gasteiger charge is 2.31. The first-order valence-electron chi connectivity index (χ1n) is 11.6. The second-order valence-corrected chi connectivity index (χ2v) is 8.84. The van der Waals surface area contributed by atoms with Crippen molar-refractivity contribution in [3.63, 3.8) is 0 Å². The molecule has 0 aliphatic carbocycles. The van der Waals surface area contributed by atoms with Gasteiger partial charge in [-0.3, -0.25) is 0 Å². The summed E-state index contributed by atoms with van der Waals surface area (Å²) in [6.45, 7) is 5.35. The van der Waals surface area contributed by atoms with Gasteiger partial charge >= 0.3 is 0 Å². The molecule has 2 aromatic heterocycles. The average Bonchev–Trinajstić information content (AvgIpc) is 3.59. The highest BCUT2D eigenvalue weighted by molar-refractivity contribution is 6.30. The normalized spacial score (nSPS) is 18.0. The van der Waals surface area contributed by atoms with E-state index in [1.807, 2.05) is 25.1 Å². The summed E-state index contributed by atoms with van der Waals surface area (Å²) >= 11 is 6.58. The van der Waals surface area contributed by atoms with Gasteiger partial charge in [-0.05, 0) is 35.2 Å². The van der Waals surface area contributed by atoms with Gasteiger partial charge in [0.25, 0.3) is 0 Å². The number of imidazole rings is 1. The van der Waals surface area contributed by atoms with Gasteiger partial charge in [-0.2, -0.15) is 5.21 Å². The van der Waals surface area contributed by atoms with Crippen LogP contribution in [0.25, 0.3) is 22.5 Å². The third kappa shape index (κ3) is 4.61. The molecule has 1 saturated heterocycles. The van der Waals surface area contributed by atoms with Gasteiger partial charge < -0.3 is 14.0 Å². The standard InChI is InChI=1S/C25H27ClN6O2/c1-3-4-9-21-27-23(26)22(25-33-15-16(2)34-25)32(21)14-17-10-12-18(13-11-17)19-7-5-6-8-20(19)24-28-30-31-29-24/h5-8,10-13,16,25H,3-4,9,14-15H2,1-2H3,(H,28,29,30,31). The zero-order chi connectivity index (χ0) is 23.5. The van der Waals surface area contributed by atoms with E-state index in [1.54, 1.807) is 0 Å². The van der Waals surface area contributed by atoms with Gasteiger partial charge in [0, 0.05) is 18.5 Å². The Bertz CT molecular complexity index is 1240. The summed E-state index contributed by atoms with van der Waals surface area (Å²) in [7, 11) is 0. The summed E-state index contributed by atoms with van der Waals surface area (Å²) in [5.74, 6) is 1.53. The molecule has 2 atom stereocenters. The molecule has 0 spiro atoms. The van der Waals surface area contributed by atoms with Crippen LogP contribution in [0.5, 0.6) is 0 Å². The summed E-state index contributed by atoms with van der Waals surface area (Å²) in [5.41, 5.74) is 4.99. The molecule has 4 aromatic rings. The van der Waals surface area contributed by atoms with Gasteiger partial charge in [-0.1, -0.05) is 73.5 Å². The van der Waals surface area contributed by atoms with Crippen LogP contribution in [0, 0.1) is 0 Å². The molecular weight excluding hydrogens is 452 g/mol. The maximum Gasteiger partial charge on any atom is 0.205 e. The molecule has 0 bridgehead atoms. The van der Waals surface area contributed by atoms with E-state index in [2.05, 4.69) is 67.4 Å². The zero-order valence-corrected chi connectivity index (χ0v) is 20.0. The second-order valence-electron chi connectivity index (χ2n) is 8.48. The smallest absolute Gasteiger partial charge is 0.205 e. The topological polar surface area (TPSA) is 90.7 Å². The number of hydrogen-bond acceptors (Lipinski definition) is 6. The molecule has 2 aromatic carbocycles. The Balaban J connectivity index is 1.45. The first-order chi connectivity index (χ1) is 16.6. The summed E-state index contributed by atoms with van der Waals surface area (Å²) in [5, 5.41) is 15.0. The fourth-order valence-electron chi connectivity index (χ4n) is 4.24. The fourth-order valence-corrected chi connectivity index (χ4v) is 4.53. The highest BCUT2D eigenvalue weighted by Crippen LogP contribution is 2.34. The van der Waals surface area contributed by atoms with E-state index in [0.29, 0.717) is 24.1 Å². The van der Waals surface area contributed by atoms with Gasteiger partial charge in [-0.15, -0.1) is 10.2 Å². The molecule has 1 N–H and O–H groups in total. The van der Waals surface area contributed by atoms with E-state index in [0.717, 1.165) is 53.0 Å². The zero-order valence-electron chi connectivity index (χ0n) is 19.2. The Morgan fingerprint density at radius 1 is 1.12 bits per heavy atom. The average molecular weight is 479 g/mol. The number of nitrogens with zero attached hydrogens (tertiary/aromatic N) is 5. The third-order valence-electron chi connectivity index (χ3n) is 5.98. The van der Waals surface area contributed by atoms with Crippen LogP contribution < -0.4 is 0 Å². The fraction of sp³-hybridized carbons (Fsp3) is 0.360. The van der Waals surface area contributed by atoms with Crippen LogP contribution >= 0.6 is 11.6 Å². The van der Waals surface area contributed by atoms with E-state index >= 15 is 0 Å². The maximum absolute atomic E-state index is 6.58. The molecule has 2 unspecified atom stereocenters. The Labute approximate surface area is 203 Å². The number of benzene rings is 2. The van der Waals surface area contributed by atoms with Crippen LogP contribution in [0.2, 0.25) is 5.15 Å². The van der Waals surface area contributed by atoms with E-state index in [1.165, 1.54) is 0 Å². The lowest BCUT2D eigenvalue weighted by atomic mass is 9.98. The number of nitrogens with one attached hydrogen (secondary N) is 1. The number of halogens is 1. The highest BCUT2D eigenvalue weighted by atomic mass is 35.5. The van der Waals surface area contributed by atoms with E-state index in [-0.39, 0.29) is 6.10 Å². The van der Waals surface area contributed by atoms with Crippen molar-refractivity contribution in [2.45, 2.75) is 52.0 Å². The third-order valence-corrected chi connectivity index (χ3v) is 6.25. The van der Waals surface area contributed by atoms with Crippen molar-refractivity contribution in [2.75, 3.05) is 6.61 Å². The molecule has 34 heavy (non-hydrogen) atoms. The van der Waals surface area contributed by atoms with Crippen LogP contribution in [0.4, 0.5) is 0 Å². The van der Waals surface area contributed by atoms with Gasteiger partial charge in [0.05, 0.1) is 12.7 Å². The van der Waals surface area contributed by atoms with Crippen molar-refractivity contribution in [3.05, 3.63) is 70.8 Å². The summed E-state index contributed by atoms with van der Waals surface area (Å²) in [6.07, 6.45) is 2.52. The van der Waals surface area contributed by atoms with Crippen molar-refractivity contribution in [1.82, 2.24) is 30.2 Å². The molecule has 1 aliphatic heterocycles. The predicted molar refractivity (Wildman–Crippen MR) is 129 cm³/mol. The number of aromatic nitrogens is 6. The van der Waals surface area contributed by atoms with Crippen LogP contribution in [0.3, 0.4) is 0 Å². The lowest BCUT2D eigenvalue weighted by Gasteiger charge is -2.16. The van der Waals surface area contributed by atoms with Gasteiger partial charge in [0.2, 0.25) is 12.1 Å². The number of unbranched alkanes of at least 4 members (excludes halogenated alkanes) is 1. The van der Waals surface area contributed by atoms with Gasteiger partial charge in [0.1, 0.15) is 11.5 Å². The monoisotopic (exact) mass is 478 g/mol. The van der Waals surface area contributed by atoms with E-state index in [4.69, 9.17) is 21.1 Å². The van der Waals surface area contributed by atoms with Gasteiger partial charge in [-0.25, -0.2) is 4.98 Å². The Morgan fingerprint density at radius 3 is 2.59 bits per heavy atom. The molecule has 3 heterocycles. The first kappa shape index (κ1) is 22.7. The van der Waals surface area contributed by atoms with Crippen molar-refractivity contribution < 1.29 is 9.47 Å². The van der Waals surface area contributed by atoms with Crippen molar-refractivity contribution in [2.24, 2.45) is 0 Å². The molecular formula is C25H27ClN6O2. The molecule has 0 saturated carbocycles.